The Labute approximate surface area is 124 Å². The van der Waals surface area contributed by atoms with Gasteiger partial charge in [-0.15, -0.1) is 0 Å². The Morgan fingerprint density at radius 2 is 2.15 bits per heavy atom. The quantitative estimate of drug-likeness (QED) is 0.847. The van der Waals surface area contributed by atoms with E-state index >= 15 is 0 Å². The number of piperidine rings is 1. The fourth-order valence-electron chi connectivity index (χ4n) is 2.64. The van der Waals surface area contributed by atoms with Gasteiger partial charge in [0.1, 0.15) is 10.8 Å². The molecule has 0 spiro atoms. The van der Waals surface area contributed by atoms with Gasteiger partial charge in [-0.25, -0.2) is 4.39 Å². The maximum atomic E-state index is 13.4. The molecular weight excluding hydrogens is 275 g/mol. The summed E-state index contributed by atoms with van der Waals surface area (Å²) in [5, 5.41) is 0. The summed E-state index contributed by atoms with van der Waals surface area (Å²) in [7, 11) is 0. The first-order valence-electron chi connectivity index (χ1n) is 7.02. The van der Waals surface area contributed by atoms with E-state index in [0.717, 1.165) is 43.7 Å². The molecule has 3 nitrogen and oxygen atoms in total. The number of halogens is 1. The second-order valence-electron chi connectivity index (χ2n) is 5.10. The van der Waals surface area contributed by atoms with Crippen molar-refractivity contribution in [3.63, 3.8) is 0 Å². The molecule has 5 heteroatoms. The summed E-state index contributed by atoms with van der Waals surface area (Å²) < 4.78 is 19.0. The monoisotopic (exact) mass is 296 g/mol. The number of nitrogens with zero attached hydrogens (tertiary/aromatic N) is 1. The van der Waals surface area contributed by atoms with Crippen molar-refractivity contribution in [1.82, 2.24) is 4.90 Å². The predicted octanol–water partition coefficient (Wildman–Crippen LogP) is 2.46. The number of likely N-dealkylation sites (tertiary alicyclic amines) is 1. The molecule has 0 saturated carbocycles. The van der Waals surface area contributed by atoms with E-state index < -0.39 is 0 Å². The zero-order valence-electron chi connectivity index (χ0n) is 11.8. The van der Waals surface area contributed by atoms with Crippen LogP contribution in [0.15, 0.2) is 18.2 Å². The van der Waals surface area contributed by atoms with Crippen molar-refractivity contribution >= 4 is 17.2 Å². The molecule has 0 atom stereocenters. The molecule has 0 unspecified atom stereocenters. The molecule has 1 aromatic rings. The SMILES string of the molecule is CCOC1CCN(Cc2cc(F)ccc2C(N)=S)CC1. The highest BCUT2D eigenvalue weighted by atomic mass is 32.1. The van der Waals surface area contributed by atoms with Crippen LogP contribution in [0.3, 0.4) is 0 Å². The molecule has 20 heavy (non-hydrogen) atoms. The number of thiocarbonyl (C=S) groups is 1. The van der Waals surface area contributed by atoms with E-state index in [9.17, 15) is 4.39 Å². The fourth-order valence-corrected chi connectivity index (χ4v) is 2.84. The van der Waals surface area contributed by atoms with Crippen LogP contribution < -0.4 is 5.73 Å². The van der Waals surface area contributed by atoms with E-state index in [2.05, 4.69) is 4.90 Å². The smallest absolute Gasteiger partial charge is 0.123 e. The molecule has 110 valence electrons. The summed E-state index contributed by atoms with van der Waals surface area (Å²) in [5.41, 5.74) is 7.34. The third kappa shape index (κ3) is 3.98. The van der Waals surface area contributed by atoms with Crippen LogP contribution >= 0.6 is 12.2 Å². The minimum atomic E-state index is -0.246. The topological polar surface area (TPSA) is 38.5 Å². The zero-order valence-corrected chi connectivity index (χ0v) is 12.6. The summed E-state index contributed by atoms with van der Waals surface area (Å²) >= 11 is 5.03. The van der Waals surface area contributed by atoms with Crippen molar-refractivity contribution in [2.45, 2.75) is 32.4 Å². The standard InChI is InChI=1S/C15H21FN2OS/c1-2-19-13-5-7-18(8-6-13)10-11-9-12(16)3-4-14(11)15(17)20/h3-4,9,13H,2,5-8,10H2,1H3,(H2,17,20). The third-order valence-corrected chi connectivity index (χ3v) is 3.88. The molecule has 1 fully saturated rings. The normalized spacial score (nSPS) is 17.3. The molecule has 0 aromatic heterocycles. The number of ether oxygens (including phenoxy) is 1. The molecule has 2 N–H and O–H groups in total. The summed E-state index contributed by atoms with van der Waals surface area (Å²) in [4.78, 5) is 2.62. The van der Waals surface area contributed by atoms with Gasteiger partial charge in [-0.3, -0.25) is 4.90 Å². The lowest BCUT2D eigenvalue weighted by Crippen LogP contribution is -2.37. The van der Waals surface area contributed by atoms with Crippen molar-refractivity contribution in [2.75, 3.05) is 19.7 Å². The molecule has 0 bridgehead atoms. The van der Waals surface area contributed by atoms with Crippen molar-refractivity contribution in [2.24, 2.45) is 5.73 Å². The predicted molar refractivity (Wildman–Crippen MR) is 82.2 cm³/mol. The van der Waals surface area contributed by atoms with Crippen LogP contribution in [0.5, 0.6) is 0 Å². The van der Waals surface area contributed by atoms with Crippen LogP contribution in [-0.4, -0.2) is 35.7 Å². The fraction of sp³-hybridized carbons (Fsp3) is 0.533. The van der Waals surface area contributed by atoms with Gasteiger partial charge in [0.15, 0.2) is 0 Å². The highest BCUT2D eigenvalue weighted by molar-refractivity contribution is 7.80. The molecular formula is C15H21FN2OS. The van der Waals surface area contributed by atoms with Gasteiger partial charge >= 0.3 is 0 Å². The Morgan fingerprint density at radius 3 is 2.75 bits per heavy atom. The number of rotatable bonds is 5. The Kier molecular flexibility index (Phi) is 5.46. The summed E-state index contributed by atoms with van der Waals surface area (Å²) in [6, 6.07) is 4.60. The van der Waals surface area contributed by atoms with Gasteiger partial charge in [-0.2, -0.15) is 0 Å². The number of benzene rings is 1. The molecule has 1 saturated heterocycles. The Morgan fingerprint density at radius 1 is 1.45 bits per heavy atom. The second-order valence-corrected chi connectivity index (χ2v) is 5.54. The maximum absolute atomic E-state index is 13.4. The molecule has 0 radical (unpaired) electrons. The summed E-state index contributed by atoms with van der Waals surface area (Å²) in [6.07, 6.45) is 2.40. The van der Waals surface area contributed by atoms with Crippen LogP contribution in [0.1, 0.15) is 30.9 Å². The number of nitrogens with two attached hydrogens (primary N) is 1. The van der Waals surface area contributed by atoms with Gasteiger partial charge in [-0.05, 0) is 43.5 Å². The molecule has 0 aliphatic carbocycles. The van der Waals surface area contributed by atoms with Gasteiger partial charge < -0.3 is 10.5 Å². The molecule has 1 aromatic carbocycles. The average Bonchev–Trinajstić information content (AvgIpc) is 2.41. The van der Waals surface area contributed by atoms with Crippen LogP contribution in [-0.2, 0) is 11.3 Å². The van der Waals surface area contributed by atoms with E-state index in [1.54, 1.807) is 6.07 Å². The summed E-state index contributed by atoms with van der Waals surface area (Å²) in [6.45, 7) is 5.38. The Hall–Kier alpha value is -1.04. The van der Waals surface area contributed by atoms with Crippen LogP contribution in [0, 0.1) is 5.82 Å². The first kappa shape index (κ1) is 15.4. The Balaban J connectivity index is 2.00. The number of hydrogen-bond donors (Lipinski definition) is 1. The molecule has 1 heterocycles. The van der Waals surface area contributed by atoms with E-state index in [1.165, 1.54) is 12.1 Å². The zero-order chi connectivity index (χ0) is 14.5. The first-order valence-corrected chi connectivity index (χ1v) is 7.43. The first-order chi connectivity index (χ1) is 9.60. The largest absolute Gasteiger partial charge is 0.389 e. The molecule has 0 amide bonds. The van der Waals surface area contributed by atoms with Crippen LogP contribution in [0.25, 0.3) is 0 Å². The highest BCUT2D eigenvalue weighted by Crippen LogP contribution is 2.19. The van der Waals surface area contributed by atoms with E-state index in [4.69, 9.17) is 22.7 Å². The average molecular weight is 296 g/mol. The van der Waals surface area contributed by atoms with Gasteiger partial charge in [0.25, 0.3) is 0 Å². The lowest BCUT2D eigenvalue weighted by molar-refractivity contribution is 0.0125. The Bertz CT molecular complexity index is 473. The highest BCUT2D eigenvalue weighted by Gasteiger charge is 2.20. The van der Waals surface area contributed by atoms with Crippen LogP contribution in [0.2, 0.25) is 0 Å². The van der Waals surface area contributed by atoms with Gasteiger partial charge in [-0.1, -0.05) is 12.2 Å². The number of hydrogen-bond acceptors (Lipinski definition) is 3. The molecule has 1 aliphatic rings. The second kappa shape index (κ2) is 7.11. The lowest BCUT2D eigenvalue weighted by atomic mass is 10.0. The maximum Gasteiger partial charge on any atom is 0.123 e. The van der Waals surface area contributed by atoms with E-state index in [-0.39, 0.29) is 5.82 Å². The van der Waals surface area contributed by atoms with Crippen molar-refractivity contribution in [1.29, 1.82) is 0 Å². The minimum absolute atomic E-state index is 0.246. The van der Waals surface area contributed by atoms with Gasteiger partial charge in [0, 0.05) is 31.8 Å². The van der Waals surface area contributed by atoms with Crippen LogP contribution in [0.4, 0.5) is 4.39 Å². The van der Waals surface area contributed by atoms with Crippen molar-refractivity contribution in [3.05, 3.63) is 35.1 Å². The summed E-state index contributed by atoms with van der Waals surface area (Å²) in [5.74, 6) is -0.246. The van der Waals surface area contributed by atoms with Crippen molar-refractivity contribution in [3.8, 4) is 0 Å². The van der Waals surface area contributed by atoms with Gasteiger partial charge in [0.05, 0.1) is 6.10 Å². The van der Waals surface area contributed by atoms with E-state index in [1.807, 2.05) is 6.92 Å². The van der Waals surface area contributed by atoms with E-state index in [0.29, 0.717) is 17.6 Å². The molecule has 2 rings (SSSR count). The minimum Gasteiger partial charge on any atom is -0.389 e. The van der Waals surface area contributed by atoms with Crippen molar-refractivity contribution < 1.29 is 9.13 Å². The third-order valence-electron chi connectivity index (χ3n) is 3.66. The lowest BCUT2D eigenvalue weighted by Gasteiger charge is -2.32. The van der Waals surface area contributed by atoms with Gasteiger partial charge in [0.2, 0.25) is 0 Å². The molecule has 1 aliphatic heterocycles.